The largest absolute Gasteiger partial charge is 0.278 e. The number of para-hydroxylation sites is 1. The van der Waals surface area contributed by atoms with Crippen LogP contribution in [0.1, 0.15) is 5.56 Å². The third-order valence-electron chi connectivity index (χ3n) is 2.47. The smallest absolute Gasteiger partial charge is 0.263 e. The molecule has 0 aliphatic heterocycles. The molecule has 0 aliphatic rings. The first-order valence-electron chi connectivity index (χ1n) is 5.41. The van der Waals surface area contributed by atoms with Crippen molar-refractivity contribution in [2.24, 2.45) is 0 Å². The van der Waals surface area contributed by atoms with E-state index in [9.17, 15) is 8.42 Å². The second kappa shape index (κ2) is 5.71. The molecule has 0 aliphatic carbocycles. The van der Waals surface area contributed by atoms with Crippen molar-refractivity contribution in [3.63, 3.8) is 0 Å². The summed E-state index contributed by atoms with van der Waals surface area (Å²) in [6.07, 6.45) is 0. The van der Waals surface area contributed by atoms with Gasteiger partial charge in [-0.2, -0.15) is 5.26 Å². The van der Waals surface area contributed by atoms with E-state index in [1.54, 1.807) is 12.1 Å². The van der Waals surface area contributed by atoms with Gasteiger partial charge in [-0.15, -0.1) is 0 Å². The average Bonchev–Trinajstić information content (AvgIpc) is 2.41. The third kappa shape index (κ3) is 3.05. The first-order valence-corrected chi connectivity index (χ1v) is 7.65. The van der Waals surface area contributed by atoms with Gasteiger partial charge in [0.1, 0.15) is 11.0 Å². The standard InChI is InChI=1S/C13H8Cl2N2O2S/c14-10-5-6-11(15)13(7-10)20(18,19)17-12-4-2-1-3-9(12)8-16/h1-7,17H. The Hall–Kier alpha value is -1.74. The van der Waals surface area contributed by atoms with Gasteiger partial charge in [0.25, 0.3) is 10.0 Å². The molecule has 1 N–H and O–H groups in total. The van der Waals surface area contributed by atoms with Gasteiger partial charge < -0.3 is 0 Å². The molecule has 7 heteroatoms. The molecule has 0 atom stereocenters. The van der Waals surface area contributed by atoms with E-state index in [-0.39, 0.29) is 26.2 Å². The van der Waals surface area contributed by atoms with Crippen LogP contribution in [0.15, 0.2) is 47.4 Å². The summed E-state index contributed by atoms with van der Waals surface area (Å²) in [5.74, 6) is 0. The fourth-order valence-corrected chi connectivity index (χ4v) is 3.40. The Labute approximate surface area is 126 Å². The molecule has 0 spiro atoms. The van der Waals surface area contributed by atoms with Crippen molar-refractivity contribution in [2.45, 2.75) is 4.90 Å². The second-order valence-electron chi connectivity index (χ2n) is 3.84. The van der Waals surface area contributed by atoms with E-state index in [0.29, 0.717) is 0 Å². The quantitative estimate of drug-likeness (QED) is 0.935. The molecule has 0 bridgehead atoms. The van der Waals surface area contributed by atoms with E-state index in [1.165, 1.54) is 30.3 Å². The van der Waals surface area contributed by atoms with E-state index >= 15 is 0 Å². The number of nitriles is 1. The minimum atomic E-state index is -3.92. The summed E-state index contributed by atoms with van der Waals surface area (Å²) in [5, 5.41) is 9.26. The van der Waals surface area contributed by atoms with Crippen molar-refractivity contribution < 1.29 is 8.42 Å². The van der Waals surface area contributed by atoms with Gasteiger partial charge in [-0.25, -0.2) is 8.42 Å². The molecule has 0 fully saturated rings. The zero-order valence-electron chi connectivity index (χ0n) is 9.97. The van der Waals surface area contributed by atoms with E-state index < -0.39 is 10.0 Å². The van der Waals surface area contributed by atoms with E-state index in [1.807, 2.05) is 6.07 Å². The lowest BCUT2D eigenvalue weighted by atomic mass is 10.2. The fourth-order valence-electron chi connectivity index (χ4n) is 1.55. The summed E-state index contributed by atoms with van der Waals surface area (Å²) in [6, 6.07) is 12.3. The van der Waals surface area contributed by atoms with Crippen LogP contribution in [0.5, 0.6) is 0 Å². The average molecular weight is 327 g/mol. The van der Waals surface area contributed by atoms with Crippen LogP contribution >= 0.6 is 23.2 Å². The molecule has 0 heterocycles. The maximum Gasteiger partial charge on any atom is 0.263 e. The van der Waals surface area contributed by atoms with Crippen LogP contribution in [-0.2, 0) is 10.0 Å². The van der Waals surface area contributed by atoms with Gasteiger partial charge >= 0.3 is 0 Å². The highest BCUT2D eigenvalue weighted by Gasteiger charge is 2.19. The Morgan fingerprint density at radius 1 is 1.10 bits per heavy atom. The summed E-state index contributed by atoms with van der Waals surface area (Å²) in [4.78, 5) is -0.139. The summed E-state index contributed by atoms with van der Waals surface area (Å²) >= 11 is 11.7. The first-order chi connectivity index (χ1) is 9.44. The van der Waals surface area contributed by atoms with Crippen molar-refractivity contribution in [3.8, 4) is 6.07 Å². The molecule has 102 valence electrons. The van der Waals surface area contributed by atoms with Crippen LogP contribution in [0.3, 0.4) is 0 Å². The van der Waals surface area contributed by atoms with Crippen LogP contribution in [0.2, 0.25) is 10.0 Å². The van der Waals surface area contributed by atoms with Crippen molar-refractivity contribution in [1.82, 2.24) is 0 Å². The highest BCUT2D eigenvalue weighted by molar-refractivity contribution is 7.92. The van der Waals surface area contributed by atoms with Crippen molar-refractivity contribution >= 4 is 38.9 Å². The predicted octanol–water partition coefficient (Wildman–Crippen LogP) is 3.67. The molecular formula is C13H8Cl2N2O2S. The summed E-state index contributed by atoms with van der Waals surface area (Å²) < 4.78 is 26.9. The van der Waals surface area contributed by atoms with Gasteiger partial charge in [0.2, 0.25) is 0 Å². The normalized spacial score (nSPS) is 10.8. The third-order valence-corrected chi connectivity index (χ3v) is 4.56. The minimum absolute atomic E-state index is 0.0522. The number of sulfonamides is 1. The molecule has 20 heavy (non-hydrogen) atoms. The maximum absolute atomic E-state index is 12.3. The summed E-state index contributed by atoms with van der Waals surface area (Å²) in [7, 11) is -3.92. The summed E-state index contributed by atoms with van der Waals surface area (Å²) in [6.45, 7) is 0. The van der Waals surface area contributed by atoms with Gasteiger partial charge in [0, 0.05) is 5.02 Å². The number of hydrogen-bond acceptors (Lipinski definition) is 3. The van der Waals surface area contributed by atoms with E-state index in [2.05, 4.69) is 4.72 Å². The molecule has 2 rings (SSSR count). The number of benzene rings is 2. The molecule has 0 radical (unpaired) electrons. The van der Waals surface area contributed by atoms with Crippen LogP contribution in [-0.4, -0.2) is 8.42 Å². The molecule has 4 nitrogen and oxygen atoms in total. The zero-order valence-corrected chi connectivity index (χ0v) is 12.3. The number of nitrogens with zero attached hydrogens (tertiary/aromatic N) is 1. The number of anilines is 1. The Kier molecular flexibility index (Phi) is 4.19. The minimum Gasteiger partial charge on any atom is -0.278 e. The van der Waals surface area contributed by atoms with Gasteiger partial charge in [0.05, 0.1) is 16.3 Å². The summed E-state index contributed by atoms with van der Waals surface area (Å²) in [5.41, 5.74) is 0.403. The topological polar surface area (TPSA) is 70.0 Å². The lowest BCUT2D eigenvalue weighted by Crippen LogP contribution is -2.14. The Bertz CT molecular complexity index is 798. The molecule has 0 amide bonds. The van der Waals surface area contributed by atoms with Crippen molar-refractivity contribution in [3.05, 3.63) is 58.1 Å². The number of hydrogen-bond donors (Lipinski definition) is 1. The highest BCUT2D eigenvalue weighted by atomic mass is 35.5. The Morgan fingerprint density at radius 2 is 1.80 bits per heavy atom. The molecule has 0 saturated heterocycles. The predicted molar refractivity (Wildman–Crippen MR) is 78.4 cm³/mol. The zero-order chi connectivity index (χ0) is 14.8. The van der Waals surface area contributed by atoms with E-state index in [0.717, 1.165) is 0 Å². The first kappa shape index (κ1) is 14.7. The van der Waals surface area contributed by atoms with Gasteiger partial charge in [-0.3, -0.25) is 4.72 Å². The lowest BCUT2D eigenvalue weighted by molar-refractivity contribution is 0.601. The second-order valence-corrected chi connectivity index (χ2v) is 6.33. The van der Waals surface area contributed by atoms with Gasteiger partial charge in [-0.05, 0) is 30.3 Å². The molecule has 0 aromatic heterocycles. The maximum atomic E-state index is 12.3. The number of nitrogens with one attached hydrogen (secondary N) is 1. The lowest BCUT2D eigenvalue weighted by Gasteiger charge is -2.10. The van der Waals surface area contributed by atoms with Gasteiger partial charge in [0.15, 0.2) is 0 Å². The van der Waals surface area contributed by atoms with Crippen molar-refractivity contribution in [2.75, 3.05) is 4.72 Å². The fraction of sp³-hybridized carbons (Fsp3) is 0. The van der Waals surface area contributed by atoms with Crippen LogP contribution < -0.4 is 4.72 Å². The van der Waals surface area contributed by atoms with Crippen molar-refractivity contribution in [1.29, 1.82) is 5.26 Å². The van der Waals surface area contributed by atoms with Gasteiger partial charge in [-0.1, -0.05) is 35.3 Å². The van der Waals surface area contributed by atoms with E-state index in [4.69, 9.17) is 28.5 Å². The Morgan fingerprint density at radius 3 is 2.50 bits per heavy atom. The van der Waals surface area contributed by atoms with Crippen LogP contribution in [0.4, 0.5) is 5.69 Å². The molecule has 0 unspecified atom stereocenters. The van der Waals surface area contributed by atoms with Crippen LogP contribution in [0, 0.1) is 11.3 Å². The number of halogens is 2. The van der Waals surface area contributed by atoms with Crippen LogP contribution in [0.25, 0.3) is 0 Å². The molecule has 2 aromatic carbocycles. The highest BCUT2D eigenvalue weighted by Crippen LogP contribution is 2.27. The molecular weight excluding hydrogens is 319 g/mol. The molecule has 2 aromatic rings. The Balaban J connectivity index is 2.47. The SMILES string of the molecule is N#Cc1ccccc1NS(=O)(=O)c1cc(Cl)ccc1Cl. The molecule has 0 saturated carbocycles. The monoisotopic (exact) mass is 326 g/mol. The number of rotatable bonds is 3.